The quantitative estimate of drug-likeness (QED) is 0.300. The SMILES string of the molecule is CCCCCCCCC(=O)OC1[C@@H](O)[C@H](O)C(O)[C@H](O)[C@@H]1O. The van der Waals surface area contributed by atoms with Crippen molar-refractivity contribution in [3.63, 3.8) is 0 Å². The zero-order valence-corrected chi connectivity index (χ0v) is 13.0. The Hall–Kier alpha value is -0.730. The first-order valence-electron chi connectivity index (χ1n) is 8.00. The molecule has 1 rings (SSSR count). The van der Waals surface area contributed by atoms with Crippen molar-refractivity contribution in [2.75, 3.05) is 0 Å². The smallest absolute Gasteiger partial charge is 0.306 e. The Balaban J connectivity index is 2.36. The number of hydrogen-bond donors (Lipinski definition) is 5. The molecule has 1 aliphatic rings. The highest BCUT2D eigenvalue weighted by Gasteiger charge is 2.50. The van der Waals surface area contributed by atoms with Gasteiger partial charge in [0.1, 0.15) is 30.5 Å². The van der Waals surface area contributed by atoms with Crippen LogP contribution in [0.5, 0.6) is 0 Å². The van der Waals surface area contributed by atoms with Crippen LogP contribution < -0.4 is 0 Å². The van der Waals surface area contributed by atoms with Crippen LogP contribution in [-0.2, 0) is 9.53 Å². The van der Waals surface area contributed by atoms with Crippen LogP contribution >= 0.6 is 0 Å². The third kappa shape index (κ3) is 5.17. The minimum Gasteiger partial charge on any atom is -0.457 e. The summed E-state index contributed by atoms with van der Waals surface area (Å²) in [5, 5.41) is 48.0. The summed E-state index contributed by atoms with van der Waals surface area (Å²) in [6, 6.07) is 0. The van der Waals surface area contributed by atoms with E-state index in [9.17, 15) is 30.3 Å². The summed E-state index contributed by atoms with van der Waals surface area (Å²) in [6.07, 6.45) is -3.57. The molecule has 0 bridgehead atoms. The predicted octanol–water partition coefficient (Wildman–Crippen LogP) is -0.533. The maximum atomic E-state index is 11.7. The number of aliphatic hydroxyl groups is 5. The summed E-state index contributed by atoms with van der Waals surface area (Å²) >= 11 is 0. The maximum absolute atomic E-state index is 11.7. The molecule has 130 valence electrons. The van der Waals surface area contributed by atoms with Gasteiger partial charge in [0.25, 0.3) is 0 Å². The minimum atomic E-state index is -1.68. The second-order valence-corrected chi connectivity index (χ2v) is 5.93. The van der Waals surface area contributed by atoms with Crippen molar-refractivity contribution in [2.45, 2.75) is 88.5 Å². The van der Waals surface area contributed by atoms with Crippen LogP contribution in [0.3, 0.4) is 0 Å². The van der Waals surface area contributed by atoms with Gasteiger partial charge in [0, 0.05) is 6.42 Å². The number of hydrogen-bond acceptors (Lipinski definition) is 7. The monoisotopic (exact) mass is 320 g/mol. The third-order valence-corrected chi connectivity index (χ3v) is 4.07. The first-order valence-corrected chi connectivity index (χ1v) is 8.00. The summed E-state index contributed by atoms with van der Waals surface area (Å²) in [5.74, 6) is -0.602. The lowest BCUT2D eigenvalue weighted by atomic mass is 9.85. The highest BCUT2D eigenvalue weighted by Crippen LogP contribution is 2.24. The molecule has 0 aromatic rings. The van der Waals surface area contributed by atoms with Gasteiger partial charge in [-0.25, -0.2) is 0 Å². The van der Waals surface area contributed by atoms with Crippen molar-refractivity contribution in [3.05, 3.63) is 0 Å². The molecule has 0 radical (unpaired) electrons. The molecule has 2 unspecified atom stereocenters. The molecular formula is C15H28O7. The van der Waals surface area contributed by atoms with E-state index in [-0.39, 0.29) is 6.42 Å². The van der Waals surface area contributed by atoms with Crippen molar-refractivity contribution < 1.29 is 35.1 Å². The molecule has 1 saturated carbocycles. The number of ether oxygens (including phenoxy) is 1. The lowest BCUT2D eigenvalue weighted by Crippen LogP contribution is -2.64. The molecule has 1 fully saturated rings. The van der Waals surface area contributed by atoms with E-state index in [1.165, 1.54) is 6.42 Å². The standard InChI is InChI=1S/C15H28O7/c1-2-3-4-5-6-7-8-9(16)22-15-13(20)11(18)10(17)12(19)14(15)21/h10-15,17-21H,2-8H2,1H3/t10?,11-,12+,13-,14-,15?/m0/s1. The fourth-order valence-corrected chi connectivity index (χ4v) is 2.60. The highest BCUT2D eigenvalue weighted by molar-refractivity contribution is 5.69. The van der Waals surface area contributed by atoms with Crippen molar-refractivity contribution in [1.29, 1.82) is 0 Å². The Morgan fingerprint density at radius 3 is 1.77 bits per heavy atom. The normalized spacial score (nSPS) is 35.4. The van der Waals surface area contributed by atoms with Crippen LogP contribution in [0, 0.1) is 0 Å². The van der Waals surface area contributed by atoms with Gasteiger partial charge in [-0.2, -0.15) is 0 Å². The molecule has 5 N–H and O–H groups in total. The Labute approximate surface area is 130 Å². The Kier molecular flexibility index (Phi) is 8.27. The van der Waals surface area contributed by atoms with E-state index in [1.807, 2.05) is 0 Å². The van der Waals surface area contributed by atoms with Gasteiger partial charge in [-0.15, -0.1) is 0 Å². The van der Waals surface area contributed by atoms with Crippen molar-refractivity contribution in [3.8, 4) is 0 Å². The molecule has 1 aliphatic carbocycles. The second kappa shape index (κ2) is 9.42. The molecule has 6 atom stereocenters. The molecule has 7 nitrogen and oxygen atoms in total. The molecule has 0 heterocycles. The molecule has 0 aromatic heterocycles. The molecule has 7 heteroatoms. The molecule has 0 spiro atoms. The minimum absolute atomic E-state index is 0.150. The fraction of sp³-hybridized carbons (Fsp3) is 0.933. The number of carbonyl (C=O) groups excluding carboxylic acids is 1. The lowest BCUT2D eigenvalue weighted by molar-refractivity contribution is -0.233. The average Bonchev–Trinajstić information content (AvgIpc) is 2.51. The van der Waals surface area contributed by atoms with Gasteiger partial charge in [-0.1, -0.05) is 39.0 Å². The van der Waals surface area contributed by atoms with E-state index < -0.39 is 42.6 Å². The van der Waals surface area contributed by atoms with E-state index in [4.69, 9.17) is 4.74 Å². The largest absolute Gasteiger partial charge is 0.457 e. The fourth-order valence-electron chi connectivity index (χ4n) is 2.60. The van der Waals surface area contributed by atoms with Crippen LogP contribution in [0.1, 0.15) is 51.9 Å². The summed E-state index contributed by atoms with van der Waals surface area (Å²) in [7, 11) is 0. The van der Waals surface area contributed by atoms with Gasteiger partial charge in [-0.3, -0.25) is 4.79 Å². The molecule has 22 heavy (non-hydrogen) atoms. The zero-order chi connectivity index (χ0) is 16.7. The van der Waals surface area contributed by atoms with Crippen molar-refractivity contribution >= 4 is 5.97 Å². The predicted molar refractivity (Wildman–Crippen MR) is 77.9 cm³/mol. The van der Waals surface area contributed by atoms with Gasteiger partial charge >= 0.3 is 5.97 Å². The summed E-state index contributed by atoms with van der Waals surface area (Å²) in [5.41, 5.74) is 0. The van der Waals surface area contributed by atoms with Gasteiger partial charge < -0.3 is 30.3 Å². The number of carbonyl (C=O) groups is 1. The Morgan fingerprint density at radius 1 is 0.773 bits per heavy atom. The van der Waals surface area contributed by atoms with Crippen LogP contribution in [-0.4, -0.2) is 68.1 Å². The number of rotatable bonds is 8. The molecule has 0 aliphatic heterocycles. The molecular weight excluding hydrogens is 292 g/mol. The van der Waals surface area contributed by atoms with Crippen LogP contribution in [0.15, 0.2) is 0 Å². The van der Waals surface area contributed by atoms with E-state index in [0.717, 1.165) is 25.7 Å². The Morgan fingerprint density at radius 2 is 1.23 bits per heavy atom. The maximum Gasteiger partial charge on any atom is 0.306 e. The third-order valence-electron chi connectivity index (χ3n) is 4.07. The summed E-state index contributed by atoms with van der Waals surface area (Å²) < 4.78 is 4.96. The van der Waals surface area contributed by atoms with Gasteiger partial charge in [0.05, 0.1) is 0 Å². The number of aliphatic hydroxyl groups excluding tert-OH is 5. The van der Waals surface area contributed by atoms with E-state index in [2.05, 4.69) is 6.92 Å². The number of esters is 1. The van der Waals surface area contributed by atoms with Gasteiger partial charge in [0.2, 0.25) is 0 Å². The van der Waals surface area contributed by atoms with Gasteiger partial charge in [-0.05, 0) is 6.42 Å². The average molecular weight is 320 g/mol. The van der Waals surface area contributed by atoms with Crippen molar-refractivity contribution in [2.24, 2.45) is 0 Å². The van der Waals surface area contributed by atoms with E-state index >= 15 is 0 Å². The Bertz CT molecular complexity index is 320. The highest BCUT2D eigenvalue weighted by atomic mass is 16.6. The zero-order valence-electron chi connectivity index (χ0n) is 13.0. The summed E-state index contributed by atoms with van der Waals surface area (Å²) in [6.45, 7) is 2.12. The van der Waals surface area contributed by atoms with Gasteiger partial charge in [0.15, 0.2) is 6.10 Å². The summed E-state index contributed by atoms with van der Waals surface area (Å²) in [4.78, 5) is 11.7. The van der Waals surface area contributed by atoms with E-state index in [0.29, 0.717) is 6.42 Å². The second-order valence-electron chi connectivity index (χ2n) is 5.93. The lowest BCUT2D eigenvalue weighted by Gasteiger charge is -2.41. The van der Waals surface area contributed by atoms with Crippen molar-refractivity contribution in [1.82, 2.24) is 0 Å². The van der Waals surface area contributed by atoms with Crippen LogP contribution in [0.2, 0.25) is 0 Å². The first kappa shape index (κ1) is 19.3. The molecule has 0 saturated heterocycles. The van der Waals surface area contributed by atoms with Crippen LogP contribution in [0.4, 0.5) is 0 Å². The van der Waals surface area contributed by atoms with E-state index in [1.54, 1.807) is 0 Å². The van der Waals surface area contributed by atoms with Crippen LogP contribution in [0.25, 0.3) is 0 Å². The number of unbranched alkanes of at least 4 members (excludes halogenated alkanes) is 5. The first-order chi connectivity index (χ1) is 10.4. The molecule has 0 amide bonds. The topological polar surface area (TPSA) is 127 Å². The molecule has 0 aromatic carbocycles.